The second kappa shape index (κ2) is 3.90. The van der Waals surface area contributed by atoms with Crippen molar-refractivity contribution in [1.82, 2.24) is 14.6 Å². The molecule has 0 atom stereocenters. The molecule has 84 valence electrons. The third kappa shape index (κ3) is 1.54. The van der Waals surface area contributed by atoms with Crippen molar-refractivity contribution in [1.29, 1.82) is 0 Å². The molecule has 0 saturated heterocycles. The first-order chi connectivity index (χ1) is 8.40. The van der Waals surface area contributed by atoms with E-state index in [0.29, 0.717) is 0 Å². The number of hydrogen-bond donors (Lipinski definition) is 0. The molecular formula is C13H11N3O. The van der Waals surface area contributed by atoms with E-state index in [4.69, 9.17) is 4.74 Å². The molecular weight excluding hydrogens is 214 g/mol. The van der Waals surface area contributed by atoms with E-state index in [-0.39, 0.29) is 0 Å². The number of nitrogens with zero attached hydrogens (tertiary/aromatic N) is 3. The van der Waals surface area contributed by atoms with Gasteiger partial charge in [-0.2, -0.15) is 5.10 Å². The summed E-state index contributed by atoms with van der Waals surface area (Å²) in [7, 11) is 1.64. The molecule has 0 spiro atoms. The molecule has 0 amide bonds. The van der Waals surface area contributed by atoms with E-state index in [0.717, 1.165) is 22.5 Å². The van der Waals surface area contributed by atoms with E-state index in [1.165, 1.54) is 0 Å². The van der Waals surface area contributed by atoms with Gasteiger partial charge in [0.25, 0.3) is 0 Å². The third-order valence-corrected chi connectivity index (χ3v) is 2.70. The number of ether oxygens (including phenoxy) is 1. The summed E-state index contributed by atoms with van der Waals surface area (Å²) in [5.41, 5.74) is 3.03. The summed E-state index contributed by atoms with van der Waals surface area (Å²) in [6, 6.07) is 9.93. The Bertz CT molecular complexity index is 660. The van der Waals surface area contributed by atoms with Gasteiger partial charge in [0.05, 0.1) is 30.7 Å². The lowest BCUT2D eigenvalue weighted by atomic mass is 10.1. The normalized spacial score (nSPS) is 10.6. The van der Waals surface area contributed by atoms with Crippen LogP contribution in [0.4, 0.5) is 0 Å². The quantitative estimate of drug-likeness (QED) is 0.672. The van der Waals surface area contributed by atoms with Crippen LogP contribution in [-0.2, 0) is 0 Å². The molecule has 0 N–H and O–H groups in total. The van der Waals surface area contributed by atoms with E-state index in [1.54, 1.807) is 25.7 Å². The molecule has 0 radical (unpaired) electrons. The molecule has 3 aromatic heterocycles. The lowest BCUT2D eigenvalue weighted by Crippen LogP contribution is -1.96. The van der Waals surface area contributed by atoms with Gasteiger partial charge in [0.1, 0.15) is 5.75 Å². The molecule has 0 unspecified atom stereocenters. The summed E-state index contributed by atoms with van der Waals surface area (Å²) in [5.74, 6) is 0.746. The smallest absolute Gasteiger partial charge is 0.146 e. The predicted molar refractivity (Wildman–Crippen MR) is 65.0 cm³/mol. The summed E-state index contributed by atoms with van der Waals surface area (Å²) in [6.45, 7) is 0. The van der Waals surface area contributed by atoms with Gasteiger partial charge in [-0.15, -0.1) is 0 Å². The summed E-state index contributed by atoms with van der Waals surface area (Å²) in [6.07, 6.45) is 5.24. The molecule has 3 aromatic rings. The van der Waals surface area contributed by atoms with Gasteiger partial charge in [-0.05, 0) is 24.3 Å². The Kier molecular flexibility index (Phi) is 2.26. The van der Waals surface area contributed by atoms with Crippen molar-refractivity contribution in [2.75, 3.05) is 7.11 Å². The number of hydrogen-bond acceptors (Lipinski definition) is 3. The molecule has 0 aliphatic heterocycles. The highest BCUT2D eigenvalue weighted by molar-refractivity contribution is 5.69. The molecule has 0 bridgehead atoms. The summed E-state index contributed by atoms with van der Waals surface area (Å²) >= 11 is 0. The molecule has 4 heteroatoms. The van der Waals surface area contributed by atoms with Gasteiger partial charge in [0.2, 0.25) is 0 Å². The van der Waals surface area contributed by atoms with Crippen molar-refractivity contribution in [3.8, 4) is 17.0 Å². The number of pyridine rings is 2. The maximum absolute atomic E-state index is 5.32. The van der Waals surface area contributed by atoms with Crippen LogP contribution in [0.25, 0.3) is 16.8 Å². The highest BCUT2D eigenvalue weighted by Gasteiger charge is 2.09. The molecule has 0 saturated carbocycles. The Hall–Kier alpha value is -2.36. The molecule has 0 aromatic carbocycles. The highest BCUT2D eigenvalue weighted by atomic mass is 16.5. The topological polar surface area (TPSA) is 39.4 Å². The predicted octanol–water partition coefficient (Wildman–Crippen LogP) is 2.40. The third-order valence-electron chi connectivity index (χ3n) is 2.70. The lowest BCUT2D eigenvalue weighted by Gasteiger charge is -2.09. The average Bonchev–Trinajstić information content (AvgIpc) is 2.86. The van der Waals surface area contributed by atoms with Crippen LogP contribution in [0.5, 0.6) is 5.75 Å². The van der Waals surface area contributed by atoms with Crippen LogP contribution in [0.1, 0.15) is 0 Å². The van der Waals surface area contributed by atoms with Crippen molar-refractivity contribution in [3.63, 3.8) is 0 Å². The summed E-state index contributed by atoms with van der Waals surface area (Å²) in [5, 5.41) is 4.31. The first-order valence-corrected chi connectivity index (χ1v) is 5.31. The number of aromatic nitrogens is 3. The molecule has 3 heterocycles. The van der Waals surface area contributed by atoms with Crippen molar-refractivity contribution in [2.24, 2.45) is 0 Å². The average molecular weight is 225 g/mol. The van der Waals surface area contributed by atoms with Crippen LogP contribution in [0.15, 0.2) is 48.9 Å². The lowest BCUT2D eigenvalue weighted by molar-refractivity contribution is 0.414. The van der Waals surface area contributed by atoms with Crippen LogP contribution in [0, 0.1) is 0 Å². The van der Waals surface area contributed by atoms with Crippen molar-refractivity contribution in [2.45, 2.75) is 0 Å². The summed E-state index contributed by atoms with van der Waals surface area (Å²) < 4.78 is 7.21. The van der Waals surface area contributed by atoms with E-state index < -0.39 is 0 Å². The zero-order valence-electron chi connectivity index (χ0n) is 9.37. The minimum absolute atomic E-state index is 0.746. The molecule has 0 aliphatic carbocycles. The van der Waals surface area contributed by atoms with E-state index in [2.05, 4.69) is 10.1 Å². The van der Waals surface area contributed by atoms with E-state index >= 15 is 0 Å². The highest BCUT2D eigenvalue weighted by Crippen LogP contribution is 2.28. The van der Waals surface area contributed by atoms with Crippen LogP contribution >= 0.6 is 0 Å². The number of fused-ring (bicyclic) bond motifs is 1. The standard InChI is InChI=1S/C13H11N3O/c1-17-13-9-14-7-6-11(13)12-4-2-3-10-5-8-15-16(10)12/h2-9H,1H3. The van der Waals surface area contributed by atoms with Gasteiger partial charge >= 0.3 is 0 Å². The second-order valence-corrected chi connectivity index (χ2v) is 3.65. The summed E-state index contributed by atoms with van der Waals surface area (Å²) in [4.78, 5) is 4.05. The van der Waals surface area contributed by atoms with Crippen LogP contribution in [0.2, 0.25) is 0 Å². The van der Waals surface area contributed by atoms with Gasteiger partial charge in [-0.3, -0.25) is 4.98 Å². The van der Waals surface area contributed by atoms with Gasteiger partial charge < -0.3 is 4.74 Å². The fraction of sp³-hybridized carbons (Fsp3) is 0.0769. The Morgan fingerprint density at radius 1 is 1.12 bits per heavy atom. The van der Waals surface area contributed by atoms with Crippen molar-refractivity contribution >= 4 is 5.52 Å². The van der Waals surface area contributed by atoms with Crippen LogP contribution in [0.3, 0.4) is 0 Å². The Balaban J connectivity index is 2.30. The number of methoxy groups -OCH3 is 1. The fourth-order valence-corrected chi connectivity index (χ4v) is 1.91. The zero-order chi connectivity index (χ0) is 11.7. The SMILES string of the molecule is COc1cnccc1-c1cccc2ccnn12. The number of rotatable bonds is 2. The monoisotopic (exact) mass is 225 g/mol. The maximum Gasteiger partial charge on any atom is 0.146 e. The van der Waals surface area contributed by atoms with Gasteiger partial charge in [0, 0.05) is 11.8 Å². The zero-order valence-corrected chi connectivity index (χ0v) is 9.37. The molecule has 4 nitrogen and oxygen atoms in total. The van der Waals surface area contributed by atoms with Crippen molar-refractivity contribution < 1.29 is 4.74 Å². The molecule has 17 heavy (non-hydrogen) atoms. The molecule has 0 fully saturated rings. The minimum Gasteiger partial charge on any atom is -0.494 e. The van der Waals surface area contributed by atoms with Gasteiger partial charge in [-0.25, -0.2) is 4.52 Å². The largest absolute Gasteiger partial charge is 0.494 e. The maximum atomic E-state index is 5.32. The first-order valence-electron chi connectivity index (χ1n) is 5.31. The van der Waals surface area contributed by atoms with E-state index in [9.17, 15) is 0 Å². The Labute approximate surface area is 98.5 Å². The van der Waals surface area contributed by atoms with Crippen LogP contribution < -0.4 is 4.74 Å². The Morgan fingerprint density at radius 3 is 2.94 bits per heavy atom. The Morgan fingerprint density at radius 2 is 2.06 bits per heavy atom. The first kappa shape index (κ1) is 9.84. The van der Waals surface area contributed by atoms with Crippen molar-refractivity contribution in [3.05, 3.63) is 48.9 Å². The molecule has 0 aliphatic rings. The van der Waals surface area contributed by atoms with Crippen LogP contribution in [-0.4, -0.2) is 21.7 Å². The van der Waals surface area contributed by atoms with Gasteiger partial charge in [-0.1, -0.05) is 6.07 Å². The van der Waals surface area contributed by atoms with Gasteiger partial charge in [0.15, 0.2) is 0 Å². The van der Waals surface area contributed by atoms with E-state index in [1.807, 2.05) is 34.8 Å². The second-order valence-electron chi connectivity index (χ2n) is 3.65. The minimum atomic E-state index is 0.746. The molecule has 3 rings (SSSR count). The fourth-order valence-electron chi connectivity index (χ4n) is 1.91.